The predicted molar refractivity (Wildman–Crippen MR) is 72.9 cm³/mol. The van der Waals surface area contributed by atoms with E-state index >= 15 is 0 Å². The molecule has 0 saturated heterocycles. The number of carbonyl (C=O) groups is 2. The van der Waals surface area contributed by atoms with Crippen molar-refractivity contribution in [3.05, 3.63) is 12.2 Å². The van der Waals surface area contributed by atoms with Gasteiger partial charge in [-0.2, -0.15) is 5.10 Å². The van der Waals surface area contributed by atoms with Crippen LogP contribution in [0.1, 0.15) is 39.4 Å². The number of carbonyl (C=O) groups excluding carboxylic acids is 1. The van der Waals surface area contributed by atoms with Crippen molar-refractivity contribution in [3.63, 3.8) is 0 Å². The van der Waals surface area contributed by atoms with Gasteiger partial charge in [-0.05, 0) is 19.3 Å². The first-order valence-corrected chi connectivity index (χ1v) is 6.70. The summed E-state index contributed by atoms with van der Waals surface area (Å²) in [7, 11) is 0. The van der Waals surface area contributed by atoms with E-state index in [2.05, 4.69) is 20.5 Å². The molecule has 0 saturated carbocycles. The molecule has 0 radical (unpaired) electrons. The molecule has 1 atom stereocenters. The molecule has 1 aromatic rings. The maximum atomic E-state index is 11.8. The van der Waals surface area contributed by atoms with Crippen LogP contribution < -0.4 is 5.32 Å². The molecule has 1 heterocycles. The van der Waals surface area contributed by atoms with Gasteiger partial charge >= 0.3 is 5.97 Å². The second-order valence-electron chi connectivity index (χ2n) is 5.44. The van der Waals surface area contributed by atoms with Crippen molar-refractivity contribution in [2.45, 2.75) is 40.0 Å². The monoisotopic (exact) mass is 282 g/mol. The maximum Gasteiger partial charge on any atom is 0.310 e. The number of aromatic nitrogens is 3. The Hall–Kier alpha value is -1.92. The summed E-state index contributed by atoms with van der Waals surface area (Å²) < 4.78 is 0. The quantitative estimate of drug-likeness (QED) is 0.616. The van der Waals surface area contributed by atoms with Crippen LogP contribution in [0.3, 0.4) is 0 Å². The van der Waals surface area contributed by atoms with Crippen LogP contribution in [0.25, 0.3) is 0 Å². The van der Waals surface area contributed by atoms with Crippen LogP contribution in [0.2, 0.25) is 0 Å². The highest BCUT2D eigenvalue weighted by molar-refractivity contribution is 5.84. The molecule has 7 heteroatoms. The topological polar surface area (TPSA) is 108 Å². The normalized spacial score (nSPS) is 14.0. The fourth-order valence-electron chi connectivity index (χ4n) is 1.76. The fraction of sp³-hybridized carbons (Fsp3) is 0.692. The minimum absolute atomic E-state index is 0.0116. The van der Waals surface area contributed by atoms with Crippen LogP contribution in [0, 0.1) is 11.3 Å². The van der Waals surface area contributed by atoms with E-state index in [1.165, 1.54) is 6.33 Å². The second-order valence-corrected chi connectivity index (χ2v) is 5.44. The van der Waals surface area contributed by atoms with E-state index < -0.39 is 11.4 Å². The zero-order valence-electron chi connectivity index (χ0n) is 12.1. The van der Waals surface area contributed by atoms with Crippen LogP contribution in [0.4, 0.5) is 0 Å². The van der Waals surface area contributed by atoms with Crippen molar-refractivity contribution < 1.29 is 14.7 Å². The van der Waals surface area contributed by atoms with E-state index in [1.807, 2.05) is 13.8 Å². The maximum absolute atomic E-state index is 11.8. The van der Waals surface area contributed by atoms with E-state index in [4.69, 9.17) is 0 Å². The van der Waals surface area contributed by atoms with Gasteiger partial charge in [0.15, 0.2) is 0 Å². The number of H-pyrrole nitrogens is 1. The van der Waals surface area contributed by atoms with Gasteiger partial charge in [0.1, 0.15) is 12.2 Å². The number of carboxylic acids is 1. The highest BCUT2D eigenvalue weighted by Crippen LogP contribution is 2.31. The molecule has 0 aliphatic rings. The lowest BCUT2D eigenvalue weighted by molar-refractivity contribution is -0.153. The van der Waals surface area contributed by atoms with Crippen molar-refractivity contribution in [1.29, 1.82) is 0 Å². The molecule has 0 spiro atoms. The third-order valence-electron chi connectivity index (χ3n) is 3.67. The van der Waals surface area contributed by atoms with Gasteiger partial charge in [-0.25, -0.2) is 4.98 Å². The van der Waals surface area contributed by atoms with Crippen LogP contribution in [-0.2, 0) is 16.0 Å². The molecular weight excluding hydrogens is 260 g/mol. The zero-order chi connectivity index (χ0) is 15.2. The first-order chi connectivity index (χ1) is 9.36. The van der Waals surface area contributed by atoms with E-state index in [0.717, 1.165) is 12.2 Å². The predicted octanol–water partition coefficient (Wildman–Crippen LogP) is 0.990. The molecule has 0 aliphatic heterocycles. The third-order valence-corrected chi connectivity index (χ3v) is 3.67. The lowest BCUT2D eigenvalue weighted by Gasteiger charge is -2.28. The Morgan fingerprint density at radius 2 is 2.20 bits per heavy atom. The zero-order valence-corrected chi connectivity index (χ0v) is 12.1. The number of hydrogen-bond donors (Lipinski definition) is 3. The summed E-state index contributed by atoms with van der Waals surface area (Å²) in [5.74, 6) is -0.512. The highest BCUT2D eigenvalue weighted by Gasteiger charge is 2.38. The molecule has 7 nitrogen and oxygen atoms in total. The Morgan fingerprint density at radius 3 is 2.70 bits per heavy atom. The average molecular weight is 282 g/mol. The Bertz CT molecular complexity index is 444. The Kier molecular flexibility index (Phi) is 5.66. The minimum Gasteiger partial charge on any atom is -0.481 e. The van der Waals surface area contributed by atoms with Crippen molar-refractivity contribution >= 4 is 11.9 Å². The summed E-state index contributed by atoms with van der Waals surface area (Å²) in [6.07, 6.45) is 2.85. The number of aliphatic carboxylic acids is 1. The number of aromatic amines is 1. The Labute approximate surface area is 118 Å². The number of nitrogens with zero attached hydrogens (tertiary/aromatic N) is 2. The van der Waals surface area contributed by atoms with Gasteiger partial charge in [0, 0.05) is 19.4 Å². The van der Waals surface area contributed by atoms with Gasteiger partial charge in [-0.15, -0.1) is 0 Å². The van der Waals surface area contributed by atoms with Crippen LogP contribution in [0.15, 0.2) is 6.33 Å². The molecule has 1 aromatic heterocycles. The number of amides is 1. The van der Waals surface area contributed by atoms with Crippen molar-refractivity contribution in [2.24, 2.45) is 11.3 Å². The molecule has 1 rings (SSSR count). The smallest absolute Gasteiger partial charge is 0.310 e. The molecular formula is C13H22N4O3. The molecule has 20 heavy (non-hydrogen) atoms. The molecule has 112 valence electrons. The summed E-state index contributed by atoms with van der Waals surface area (Å²) >= 11 is 0. The lowest BCUT2D eigenvalue weighted by atomic mass is 9.76. The molecule has 3 N–H and O–H groups in total. The SMILES string of the molecule is CC(C)C(C)(CC(=O)NCCCc1ncn[nH]1)C(=O)O. The van der Waals surface area contributed by atoms with Gasteiger partial charge in [0.25, 0.3) is 0 Å². The number of aryl methyl sites for hydroxylation is 1. The molecule has 1 unspecified atom stereocenters. The van der Waals surface area contributed by atoms with Crippen molar-refractivity contribution in [2.75, 3.05) is 6.54 Å². The molecule has 0 fully saturated rings. The molecule has 0 bridgehead atoms. The van der Waals surface area contributed by atoms with E-state index in [0.29, 0.717) is 13.0 Å². The summed E-state index contributed by atoms with van der Waals surface area (Å²) in [4.78, 5) is 27.1. The summed E-state index contributed by atoms with van der Waals surface area (Å²) in [5.41, 5.74) is -1.03. The first kappa shape index (κ1) is 16.1. The van der Waals surface area contributed by atoms with Crippen LogP contribution >= 0.6 is 0 Å². The van der Waals surface area contributed by atoms with Gasteiger partial charge < -0.3 is 10.4 Å². The second kappa shape index (κ2) is 7.02. The van der Waals surface area contributed by atoms with Gasteiger partial charge in [-0.1, -0.05) is 13.8 Å². The standard InChI is InChI=1S/C13H22N4O3/c1-9(2)13(3,12(19)20)7-11(18)14-6-4-5-10-15-8-16-17-10/h8-9H,4-7H2,1-3H3,(H,14,18)(H,19,20)(H,15,16,17). The Balaban J connectivity index is 2.33. The first-order valence-electron chi connectivity index (χ1n) is 6.70. The number of hydrogen-bond acceptors (Lipinski definition) is 4. The lowest BCUT2D eigenvalue weighted by Crippen LogP contribution is -2.39. The number of nitrogens with one attached hydrogen (secondary N) is 2. The third kappa shape index (κ3) is 4.32. The van der Waals surface area contributed by atoms with Crippen LogP contribution in [-0.4, -0.2) is 38.7 Å². The molecule has 0 aliphatic carbocycles. The fourth-order valence-corrected chi connectivity index (χ4v) is 1.76. The molecule has 0 aromatic carbocycles. The van der Waals surface area contributed by atoms with E-state index in [1.54, 1.807) is 6.92 Å². The average Bonchev–Trinajstić information content (AvgIpc) is 2.87. The number of carboxylic acid groups (broad SMARTS) is 1. The Morgan fingerprint density at radius 1 is 1.50 bits per heavy atom. The summed E-state index contributed by atoms with van der Waals surface area (Å²) in [6, 6.07) is 0. The van der Waals surface area contributed by atoms with Gasteiger partial charge in [0.2, 0.25) is 5.91 Å². The largest absolute Gasteiger partial charge is 0.481 e. The summed E-state index contributed by atoms with van der Waals surface area (Å²) in [6.45, 7) is 5.72. The van der Waals surface area contributed by atoms with Crippen LogP contribution in [0.5, 0.6) is 0 Å². The number of rotatable bonds is 8. The minimum atomic E-state index is -1.03. The van der Waals surface area contributed by atoms with Gasteiger partial charge in [0.05, 0.1) is 5.41 Å². The highest BCUT2D eigenvalue weighted by atomic mass is 16.4. The summed E-state index contributed by atoms with van der Waals surface area (Å²) in [5, 5.41) is 18.5. The van der Waals surface area contributed by atoms with E-state index in [9.17, 15) is 14.7 Å². The van der Waals surface area contributed by atoms with Crippen molar-refractivity contribution in [3.8, 4) is 0 Å². The van der Waals surface area contributed by atoms with Gasteiger partial charge in [-0.3, -0.25) is 14.7 Å². The van der Waals surface area contributed by atoms with Crippen molar-refractivity contribution in [1.82, 2.24) is 20.5 Å². The van der Waals surface area contributed by atoms with E-state index in [-0.39, 0.29) is 18.2 Å². The molecule has 1 amide bonds.